The lowest BCUT2D eigenvalue weighted by Crippen LogP contribution is -2.18. The van der Waals surface area contributed by atoms with Crippen molar-refractivity contribution in [2.75, 3.05) is 12.4 Å². The van der Waals surface area contributed by atoms with Crippen LogP contribution in [0.2, 0.25) is 0 Å². The van der Waals surface area contributed by atoms with E-state index in [1.807, 2.05) is 43.5 Å². The molecule has 2 N–H and O–H groups in total. The molecule has 0 bridgehead atoms. The van der Waals surface area contributed by atoms with Gasteiger partial charge in [-0.25, -0.2) is 4.68 Å². The Balaban J connectivity index is 1.66. The summed E-state index contributed by atoms with van der Waals surface area (Å²) in [6.07, 6.45) is 6.71. The van der Waals surface area contributed by atoms with Crippen LogP contribution in [0.1, 0.15) is 21.5 Å². The normalized spacial score (nSPS) is 10.7. The smallest absolute Gasteiger partial charge is 0.251 e. The molecule has 0 spiro atoms. The summed E-state index contributed by atoms with van der Waals surface area (Å²) in [5.41, 5.74) is 3.80. The number of aromatic nitrogens is 2. The molecule has 0 aliphatic rings. The second-order valence-electron chi connectivity index (χ2n) is 5.99. The summed E-state index contributed by atoms with van der Waals surface area (Å²) in [4.78, 5) is 23.8. The van der Waals surface area contributed by atoms with E-state index in [4.69, 9.17) is 0 Å². The topological polar surface area (TPSA) is 76.0 Å². The summed E-state index contributed by atoms with van der Waals surface area (Å²) in [6.45, 7) is 1.84. The third kappa shape index (κ3) is 4.49. The molecule has 3 rings (SSSR count). The summed E-state index contributed by atoms with van der Waals surface area (Å²) in [7, 11) is 1.58. The molecule has 0 radical (unpaired) electrons. The number of para-hydroxylation sites is 1. The number of hydrogen-bond acceptors (Lipinski definition) is 3. The van der Waals surface area contributed by atoms with Crippen LogP contribution in [-0.4, -0.2) is 28.6 Å². The van der Waals surface area contributed by atoms with Crippen LogP contribution in [0.3, 0.4) is 0 Å². The maximum absolute atomic E-state index is 12.2. The van der Waals surface area contributed by atoms with Crippen LogP contribution in [0, 0.1) is 6.92 Å². The van der Waals surface area contributed by atoms with Gasteiger partial charge in [-0.1, -0.05) is 18.2 Å². The molecule has 6 heteroatoms. The van der Waals surface area contributed by atoms with Crippen molar-refractivity contribution in [3.63, 3.8) is 0 Å². The van der Waals surface area contributed by atoms with E-state index in [1.54, 1.807) is 42.2 Å². The Bertz CT molecular complexity index is 990. The molecule has 0 saturated heterocycles. The minimum absolute atomic E-state index is 0.161. The molecule has 0 fully saturated rings. The quantitative estimate of drug-likeness (QED) is 0.686. The van der Waals surface area contributed by atoms with Crippen LogP contribution < -0.4 is 10.6 Å². The molecule has 3 aromatic rings. The van der Waals surface area contributed by atoms with Gasteiger partial charge in [-0.3, -0.25) is 9.59 Å². The highest BCUT2D eigenvalue weighted by Crippen LogP contribution is 2.17. The lowest BCUT2D eigenvalue weighted by Gasteiger charge is -2.08. The van der Waals surface area contributed by atoms with Gasteiger partial charge in [-0.2, -0.15) is 5.10 Å². The molecular formula is C21H20N4O2. The van der Waals surface area contributed by atoms with Crippen molar-refractivity contribution in [2.45, 2.75) is 6.92 Å². The van der Waals surface area contributed by atoms with E-state index in [9.17, 15) is 9.59 Å². The van der Waals surface area contributed by atoms with Crippen molar-refractivity contribution >= 4 is 23.6 Å². The van der Waals surface area contributed by atoms with Gasteiger partial charge >= 0.3 is 0 Å². The fourth-order valence-electron chi connectivity index (χ4n) is 2.58. The molecule has 0 aliphatic heterocycles. The monoisotopic (exact) mass is 360 g/mol. The number of nitrogens with one attached hydrogen (secondary N) is 2. The second kappa shape index (κ2) is 8.14. The molecule has 1 heterocycles. The predicted octanol–water partition coefficient (Wildman–Crippen LogP) is 3.19. The predicted molar refractivity (Wildman–Crippen MR) is 106 cm³/mol. The number of carbonyl (C=O) groups is 2. The average Bonchev–Trinajstić information content (AvgIpc) is 3.17. The van der Waals surface area contributed by atoms with Gasteiger partial charge in [-0.15, -0.1) is 0 Å². The Morgan fingerprint density at radius 2 is 1.89 bits per heavy atom. The number of hydrogen-bond donors (Lipinski definition) is 2. The van der Waals surface area contributed by atoms with Crippen molar-refractivity contribution in [1.29, 1.82) is 0 Å². The Morgan fingerprint density at radius 1 is 1.11 bits per heavy atom. The number of carbonyl (C=O) groups excluding carboxylic acids is 2. The highest BCUT2D eigenvalue weighted by Gasteiger charge is 2.07. The minimum atomic E-state index is -0.252. The molecule has 136 valence electrons. The first kappa shape index (κ1) is 18.1. The average molecular weight is 360 g/mol. The molecule has 0 saturated carbocycles. The van der Waals surface area contributed by atoms with Crippen molar-refractivity contribution in [3.8, 4) is 5.69 Å². The minimum Gasteiger partial charge on any atom is -0.355 e. The number of benzene rings is 2. The van der Waals surface area contributed by atoms with Crippen LogP contribution in [0.5, 0.6) is 0 Å². The molecule has 6 nitrogen and oxygen atoms in total. The van der Waals surface area contributed by atoms with E-state index in [0.717, 1.165) is 16.8 Å². The first-order valence-electron chi connectivity index (χ1n) is 8.49. The van der Waals surface area contributed by atoms with Gasteiger partial charge in [0, 0.05) is 36.1 Å². The van der Waals surface area contributed by atoms with Crippen molar-refractivity contribution < 1.29 is 9.59 Å². The number of nitrogens with zero attached hydrogens (tertiary/aromatic N) is 2. The molecule has 1 aromatic heterocycles. The molecule has 2 amide bonds. The molecule has 27 heavy (non-hydrogen) atoms. The SMILES string of the molecule is CNC(=O)c1ccc(NC(=O)/C=C/c2cnn(-c3ccccc3)c2)c(C)c1. The van der Waals surface area contributed by atoms with Crippen molar-refractivity contribution in [1.82, 2.24) is 15.1 Å². The van der Waals surface area contributed by atoms with Gasteiger partial charge in [0.1, 0.15) is 0 Å². The van der Waals surface area contributed by atoms with E-state index in [0.29, 0.717) is 11.3 Å². The van der Waals surface area contributed by atoms with E-state index >= 15 is 0 Å². The van der Waals surface area contributed by atoms with Crippen LogP contribution in [0.15, 0.2) is 67.0 Å². The Hall–Kier alpha value is -3.67. The fraction of sp³-hybridized carbons (Fsp3) is 0.0952. The highest BCUT2D eigenvalue weighted by molar-refractivity contribution is 6.03. The van der Waals surface area contributed by atoms with Crippen LogP contribution in [-0.2, 0) is 4.79 Å². The number of amides is 2. The van der Waals surface area contributed by atoms with Crippen LogP contribution in [0.25, 0.3) is 11.8 Å². The van der Waals surface area contributed by atoms with Gasteiger partial charge in [0.2, 0.25) is 5.91 Å². The zero-order chi connectivity index (χ0) is 19.2. The van der Waals surface area contributed by atoms with Crippen molar-refractivity contribution in [2.24, 2.45) is 0 Å². The van der Waals surface area contributed by atoms with Gasteiger partial charge < -0.3 is 10.6 Å². The lowest BCUT2D eigenvalue weighted by molar-refractivity contribution is -0.111. The standard InChI is InChI=1S/C21H20N4O2/c1-15-12-17(21(27)22-2)9-10-19(15)24-20(26)11-8-16-13-23-25(14-16)18-6-4-3-5-7-18/h3-14H,1-2H3,(H,22,27)(H,24,26)/b11-8+. The summed E-state index contributed by atoms with van der Waals surface area (Å²) < 4.78 is 1.75. The highest BCUT2D eigenvalue weighted by atomic mass is 16.2. The summed E-state index contributed by atoms with van der Waals surface area (Å²) in [5, 5.41) is 9.69. The molecule has 0 unspecified atom stereocenters. The van der Waals surface area contributed by atoms with Crippen molar-refractivity contribution in [3.05, 3.63) is 83.7 Å². The van der Waals surface area contributed by atoms with E-state index in [-0.39, 0.29) is 11.8 Å². The largest absolute Gasteiger partial charge is 0.355 e. The fourth-order valence-corrected chi connectivity index (χ4v) is 2.58. The summed E-state index contributed by atoms with van der Waals surface area (Å²) in [5.74, 6) is -0.412. The summed E-state index contributed by atoms with van der Waals surface area (Å²) >= 11 is 0. The van der Waals surface area contributed by atoms with Gasteiger partial charge in [-0.05, 0) is 48.9 Å². The Labute approximate surface area is 157 Å². The van der Waals surface area contributed by atoms with E-state index in [2.05, 4.69) is 15.7 Å². The van der Waals surface area contributed by atoms with E-state index in [1.165, 1.54) is 6.08 Å². The maximum atomic E-state index is 12.2. The summed E-state index contributed by atoms with van der Waals surface area (Å²) in [6, 6.07) is 14.9. The van der Waals surface area contributed by atoms with Gasteiger partial charge in [0.25, 0.3) is 5.91 Å². The van der Waals surface area contributed by atoms with Crippen LogP contribution >= 0.6 is 0 Å². The zero-order valence-electron chi connectivity index (χ0n) is 15.1. The molecule has 0 atom stereocenters. The molecule has 0 aliphatic carbocycles. The Morgan fingerprint density at radius 3 is 2.59 bits per heavy atom. The van der Waals surface area contributed by atoms with Gasteiger partial charge in [0.05, 0.1) is 11.9 Å². The third-order valence-electron chi connectivity index (χ3n) is 4.02. The second-order valence-corrected chi connectivity index (χ2v) is 5.99. The zero-order valence-corrected chi connectivity index (χ0v) is 15.1. The number of rotatable bonds is 5. The maximum Gasteiger partial charge on any atom is 0.251 e. The molecular weight excluding hydrogens is 340 g/mol. The molecule has 2 aromatic carbocycles. The first-order valence-corrected chi connectivity index (χ1v) is 8.49. The Kier molecular flexibility index (Phi) is 5.47. The third-order valence-corrected chi connectivity index (χ3v) is 4.02. The first-order chi connectivity index (χ1) is 13.1. The lowest BCUT2D eigenvalue weighted by atomic mass is 10.1. The number of aryl methyl sites for hydroxylation is 1. The van der Waals surface area contributed by atoms with E-state index < -0.39 is 0 Å². The van der Waals surface area contributed by atoms with Crippen LogP contribution in [0.4, 0.5) is 5.69 Å². The van der Waals surface area contributed by atoms with Gasteiger partial charge in [0.15, 0.2) is 0 Å². The number of anilines is 1.